The summed E-state index contributed by atoms with van der Waals surface area (Å²) in [6.07, 6.45) is 0. The molecular weight excluding hydrogens is 94.1 g/mol. The van der Waals surface area contributed by atoms with E-state index in [-0.39, 0.29) is 0 Å². The first-order chi connectivity index (χ1) is 3.31. The Labute approximate surface area is 41.1 Å². The van der Waals surface area contributed by atoms with Crippen molar-refractivity contribution in [2.75, 3.05) is 0 Å². The zero-order chi connectivity index (χ0) is 5.70. The third-order valence-corrected chi connectivity index (χ3v) is 0.389. The van der Waals surface area contributed by atoms with Gasteiger partial charge in [-0.15, -0.1) is 5.11 Å². The smallest absolute Gasteiger partial charge is 0.169 e. The molecule has 0 bridgehead atoms. The molecule has 0 aliphatic heterocycles. The first kappa shape index (κ1) is 5.87. The summed E-state index contributed by atoms with van der Waals surface area (Å²) >= 11 is 0. The van der Waals surface area contributed by atoms with E-state index in [0.717, 1.165) is 0 Å². The lowest BCUT2D eigenvalue weighted by Crippen LogP contribution is -1.91. The Balaban J connectivity index is 3.58. The third-order valence-electron chi connectivity index (χ3n) is 0.389. The van der Waals surface area contributed by atoms with Crippen LogP contribution in [0.1, 0.15) is 6.92 Å². The van der Waals surface area contributed by atoms with E-state index in [2.05, 4.69) is 21.3 Å². The summed E-state index contributed by atoms with van der Waals surface area (Å²) in [5.74, 6) is 9.73. The van der Waals surface area contributed by atoms with Crippen LogP contribution in [0.4, 0.5) is 0 Å². The lowest BCUT2D eigenvalue weighted by atomic mass is 10.7. The van der Waals surface area contributed by atoms with Gasteiger partial charge < -0.3 is 11.7 Å². The molecule has 5 nitrogen and oxygen atoms in total. The molecule has 5 heteroatoms. The summed E-state index contributed by atoms with van der Waals surface area (Å²) in [6, 6.07) is 0. The van der Waals surface area contributed by atoms with Crippen LogP contribution in [0.2, 0.25) is 0 Å². The fourth-order valence-corrected chi connectivity index (χ4v) is 0.109. The fraction of sp³-hybridized carbons (Fsp3) is 0.500. The van der Waals surface area contributed by atoms with E-state index >= 15 is 0 Å². The number of nitrogens with zero attached hydrogens (tertiary/aromatic N) is 3. The zero-order valence-corrected chi connectivity index (χ0v) is 4.00. The molecule has 0 atom stereocenters. The van der Waals surface area contributed by atoms with E-state index in [1.165, 1.54) is 0 Å². The normalized spacial score (nSPS) is 13.0. The van der Waals surface area contributed by atoms with Gasteiger partial charge in [0.2, 0.25) is 0 Å². The maximum Gasteiger partial charge on any atom is 0.169 e. The number of hydrazone groups is 1. The number of hydrogen-bond acceptors (Lipinski definition) is 3. The molecular formula is C2H7N5. The second kappa shape index (κ2) is 3.08. The molecule has 0 aromatic carbocycles. The predicted molar refractivity (Wildman–Crippen MR) is 26.3 cm³/mol. The summed E-state index contributed by atoms with van der Waals surface area (Å²) in [4.78, 5) is 0. The van der Waals surface area contributed by atoms with E-state index in [1.54, 1.807) is 6.92 Å². The largest absolute Gasteiger partial charge is 0.321 e. The van der Waals surface area contributed by atoms with Gasteiger partial charge in [-0.25, -0.2) is 0 Å². The molecule has 0 fully saturated rings. The summed E-state index contributed by atoms with van der Waals surface area (Å²) in [5, 5.41) is 9.35. The van der Waals surface area contributed by atoms with Crippen LogP contribution in [0.25, 0.3) is 0 Å². The van der Waals surface area contributed by atoms with Crippen molar-refractivity contribution in [3.63, 3.8) is 0 Å². The minimum absolute atomic E-state index is 0.363. The molecule has 0 unspecified atom stereocenters. The van der Waals surface area contributed by atoms with Crippen molar-refractivity contribution in [3.05, 3.63) is 0 Å². The SMILES string of the molecule is CC(N=NN)=NN. The van der Waals surface area contributed by atoms with E-state index in [9.17, 15) is 0 Å². The van der Waals surface area contributed by atoms with Crippen LogP contribution in [0.5, 0.6) is 0 Å². The van der Waals surface area contributed by atoms with Crippen LogP contribution in [0.3, 0.4) is 0 Å². The van der Waals surface area contributed by atoms with E-state index in [1.807, 2.05) is 0 Å². The van der Waals surface area contributed by atoms with Gasteiger partial charge in [-0.1, -0.05) is 5.22 Å². The fourth-order valence-electron chi connectivity index (χ4n) is 0.109. The van der Waals surface area contributed by atoms with Gasteiger partial charge in [-0.05, 0) is 6.92 Å². The van der Waals surface area contributed by atoms with E-state index < -0.39 is 0 Å². The van der Waals surface area contributed by atoms with Crippen molar-refractivity contribution in [2.45, 2.75) is 6.92 Å². The van der Waals surface area contributed by atoms with Crippen molar-refractivity contribution in [3.8, 4) is 0 Å². The highest BCUT2D eigenvalue weighted by molar-refractivity contribution is 5.79. The molecule has 0 radical (unpaired) electrons. The zero-order valence-electron chi connectivity index (χ0n) is 4.00. The predicted octanol–water partition coefficient (Wildman–Crippen LogP) is -0.396. The van der Waals surface area contributed by atoms with Crippen molar-refractivity contribution in [2.24, 2.45) is 27.1 Å². The maximum atomic E-state index is 4.74. The summed E-state index contributed by atoms with van der Waals surface area (Å²) in [7, 11) is 0. The van der Waals surface area contributed by atoms with Gasteiger partial charge in [0.25, 0.3) is 0 Å². The quantitative estimate of drug-likeness (QED) is 0.143. The van der Waals surface area contributed by atoms with Crippen molar-refractivity contribution >= 4 is 5.84 Å². The average molecular weight is 101 g/mol. The summed E-state index contributed by atoms with van der Waals surface area (Å²) in [6.45, 7) is 1.59. The Bertz CT molecular complexity index is 92.3. The molecule has 7 heavy (non-hydrogen) atoms. The van der Waals surface area contributed by atoms with Gasteiger partial charge in [-0.2, -0.15) is 5.10 Å². The van der Waals surface area contributed by atoms with Crippen LogP contribution >= 0.6 is 0 Å². The molecule has 0 aromatic heterocycles. The van der Waals surface area contributed by atoms with Gasteiger partial charge in [0.15, 0.2) is 5.84 Å². The van der Waals surface area contributed by atoms with Crippen LogP contribution in [0.15, 0.2) is 15.4 Å². The van der Waals surface area contributed by atoms with Gasteiger partial charge in [0.1, 0.15) is 0 Å². The summed E-state index contributed by atoms with van der Waals surface area (Å²) < 4.78 is 0. The number of rotatable bonds is 0. The standard InChI is InChI=1S/C2H7N5/c1-2(5-3)6-7-4/h3H2,1H3,(H2,4,5,6). The molecule has 0 aliphatic rings. The lowest BCUT2D eigenvalue weighted by Gasteiger charge is -1.78. The third kappa shape index (κ3) is 2.68. The minimum atomic E-state index is 0.363. The first-order valence-corrected chi connectivity index (χ1v) is 1.66. The number of hydrogen-bond donors (Lipinski definition) is 2. The first-order valence-electron chi connectivity index (χ1n) is 1.66. The van der Waals surface area contributed by atoms with Gasteiger partial charge in [0.05, 0.1) is 0 Å². The van der Waals surface area contributed by atoms with Crippen molar-refractivity contribution in [1.29, 1.82) is 0 Å². The van der Waals surface area contributed by atoms with Crippen molar-refractivity contribution in [1.82, 2.24) is 0 Å². The van der Waals surface area contributed by atoms with Gasteiger partial charge in [0, 0.05) is 0 Å². The lowest BCUT2D eigenvalue weighted by molar-refractivity contribution is 1.06. The second-order valence-corrected chi connectivity index (χ2v) is 0.892. The second-order valence-electron chi connectivity index (χ2n) is 0.892. The highest BCUT2D eigenvalue weighted by Crippen LogP contribution is 1.71. The Morgan fingerprint density at radius 1 is 1.43 bits per heavy atom. The molecule has 0 spiro atoms. The molecule has 0 heterocycles. The highest BCUT2D eigenvalue weighted by Gasteiger charge is 1.76. The van der Waals surface area contributed by atoms with Crippen LogP contribution in [0, 0.1) is 0 Å². The molecule has 4 N–H and O–H groups in total. The summed E-state index contributed by atoms with van der Waals surface area (Å²) in [5.41, 5.74) is 0. The highest BCUT2D eigenvalue weighted by atomic mass is 15.3. The van der Waals surface area contributed by atoms with E-state index in [4.69, 9.17) is 5.84 Å². The topological polar surface area (TPSA) is 89.1 Å². The van der Waals surface area contributed by atoms with Crippen molar-refractivity contribution < 1.29 is 0 Å². The molecule has 40 valence electrons. The Morgan fingerprint density at radius 2 is 2.00 bits per heavy atom. The molecule has 0 saturated heterocycles. The number of amidine groups is 1. The Morgan fingerprint density at radius 3 is 2.14 bits per heavy atom. The maximum absolute atomic E-state index is 4.74. The minimum Gasteiger partial charge on any atom is -0.321 e. The molecule has 0 saturated carbocycles. The molecule has 0 rings (SSSR count). The molecule has 0 aromatic rings. The van der Waals surface area contributed by atoms with Crippen LogP contribution < -0.4 is 11.7 Å². The number of nitrogens with two attached hydrogens (primary N) is 2. The van der Waals surface area contributed by atoms with Crippen LogP contribution in [-0.4, -0.2) is 5.84 Å². The molecule has 0 aliphatic carbocycles. The van der Waals surface area contributed by atoms with Gasteiger partial charge >= 0.3 is 0 Å². The molecule has 0 amide bonds. The van der Waals surface area contributed by atoms with E-state index in [0.29, 0.717) is 5.84 Å². The Kier molecular flexibility index (Phi) is 2.58. The Hall–Kier alpha value is -1.13. The van der Waals surface area contributed by atoms with Crippen LogP contribution in [-0.2, 0) is 0 Å². The monoisotopic (exact) mass is 101 g/mol. The van der Waals surface area contributed by atoms with Gasteiger partial charge in [-0.3, -0.25) is 0 Å². The average Bonchev–Trinajstić information content (AvgIpc) is 1.68.